The van der Waals surface area contributed by atoms with E-state index in [1.54, 1.807) is 30.3 Å². The predicted molar refractivity (Wildman–Crippen MR) is 121 cm³/mol. The van der Waals surface area contributed by atoms with Crippen molar-refractivity contribution >= 4 is 35.0 Å². The Kier molecular flexibility index (Phi) is 8.56. The van der Waals surface area contributed by atoms with Gasteiger partial charge in [0.1, 0.15) is 11.8 Å². The smallest absolute Gasteiger partial charge is 0.261 e. The minimum absolute atomic E-state index is 0.202. The van der Waals surface area contributed by atoms with Crippen LogP contribution in [0.5, 0.6) is 5.75 Å². The van der Waals surface area contributed by atoms with Gasteiger partial charge < -0.3 is 15.0 Å². The van der Waals surface area contributed by atoms with E-state index >= 15 is 0 Å². The minimum Gasteiger partial charge on any atom is -0.484 e. The molecule has 30 heavy (non-hydrogen) atoms. The summed E-state index contributed by atoms with van der Waals surface area (Å²) in [6, 6.07) is 13.5. The quantitative estimate of drug-likeness (QED) is 0.608. The van der Waals surface area contributed by atoms with Crippen molar-refractivity contribution in [3.8, 4) is 5.75 Å². The lowest BCUT2D eigenvalue weighted by atomic mass is 10.1. The van der Waals surface area contributed by atoms with Crippen molar-refractivity contribution in [2.45, 2.75) is 52.2 Å². The summed E-state index contributed by atoms with van der Waals surface area (Å²) in [6.07, 6.45) is 0.454. The van der Waals surface area contributed by atoms with E-state index in [2.05, 4.69) is 5.32 Å². The first kappa shape index (κ1) is 24.0. The molecule has 162 valence electrons. The van der Waals surface area contributed by atoms with Gasteiger partial charge in [0.2, 0.25) is 5.91 Å². The van der Waals surface area contributed by atoms with E-state index in [0.29, 0.717) is 22.2 Å². The second-order valence-electron chi connectivity index (χ2n) is 8.02. The molecule has 0 aliphatic rings. The van der Waals surface area contributed by atoms with Gasteiger partial charge in [-0.3, -0.25) is 9.59 Å². The van der Waals surface area contributed by atoms with E-state index in [4.69, 9.17) is 27.9 Å². The summed E-state index contributed by atoms with van der Waals surface area (Å²) >= 11 is 12.3. The van der Waals surface area contributed by atoms with Gasteiger partial charge in [-0.1, -0.05) is 54.4 Å². The molecule has 2 aromatic rings. The Balaban J connectivity index is 2.25. The fourth-order valence-electron chi connectivity index (χ4n) is 2.97. The lowest BCUT2D eigenvalue weighted by molar-refractivity contribution is -0.143. The van der Waals surface area contributed by atoms with Crippen molar-refractivity contribution in [3.63, 3.8) is 0 Å². The molecule has 0 saturated carbocycles. The minimum atomic E-state index is -0.657. The molecule has 0 heterocycles. The number of rotatable bonds is 8. The number of carbonyl (C=O) groups is 2. The average Bonchev–Trinajstić information content (AvgIpc) is 2.66. The Morgan fingerprint density at radius 2 is 1.80 bits per heavy atom. The van der Waals surface area contributed by atoms with E-state index in [1.807, 2.05) is 45.9 Å². The summed E-state index contributed by atoms with van der Waals surface area (Å²) < 4.78 is 5.63. The first-order valence-corrected chi connectivity index (χ1v) is 10.6. The van der Waals surface area contributed by atoms with Crippen LogP contribution < -0.4 is 10.1 Å². The first-order valence-electron chi connectivity index (χ1n) is 9.84. The third kappa shape index (κ3) is 7.22. The number of benzene rings is 2. The van der Waals surface area contributed by atoms with Crippen molar-refractivity contribution in [2.24, 2.45) is 0 Å². The number of amides is 2. The third-order valence-electron chi connectivity index (χ3n) is 4.34. The zero-order valence-electron chi connectivity index (χ0n) is 17.7. The molecule has 2 rings (SSSR count). The molecule has 7 heteroatoms. The molecule has 0 unspecified atom stereocenters. The molecule has 0 fully saturated rings. The first-order chi connectivity index (χ1) is 14.1. The van der Waals surface area contributed by atoms with Crippen LogP contribution in [-0.2, 0) is 16.1 Å². The molecule has 0 aliphatic heterocycles. The van der Waals surface area contributed by atoms with E-state index in [-0.39, 0.29) is 25.0 Å². The van der Waals surface area contributed by atoms with Crippen molar-refractivity contribution in [1.29, 1.82) is 0 Å². The molecule has 0 spiro atoms. The number of nitrogens with one attached hydrogen (secondary N) is 1. The summed E-state index contributed by atoms with van der Waals surface area (Å²) in [7, 11) is 0. The highest BCUT2D eigenvalue weighted by Gasteiger charge is 2.31. The molecule has 5 nitrogen and oxygen atoms in total. The van der Waals surface area contributed by atoms with Crippen molar-refractivity contribution < 1.29 is 14.3 Å². The fourth-order valence-corrected chi connectivity index (χ4v) is 3.34. The van der Waals surface area contributed by atoms with Crippen LogP contribution in [0.1, 0.15) is 39.7 Å². The van der Waals surface area contributed by atoms with Gasteiger partial charge in [0, 0.05) is 22.1 Å². The summed E-state index contributed by atoms with van der Waals surface area (Å²) in [5, 5.41) is 4.02. The summed E-state index contributed by atoms with van der Waals surface area (Å²) in [5.41, 5.74) is 0.346. The third-order valence-corrected chi connectivity index (χ3v) is 4.94. The number of hydrogen-bond donors (Lipinski definition) is 1. The predicted octanol–water partition coefficient (Wildman–Crippen LogP) is 5.09. The molecule has 0 aliphatic carbocycles. The van der Waals surface area contributed by atoms with Crippen LogP contribution in [0.25, 0.3) is 0 Å². The Hall–Kier alpha value is -2.24. The maximum absolute atomic E-state index is 13.1. The molecule has 0 saturated heterocycles. The highest BCUT2D eigenvalue weighted by Crippen LogP contribution is 2.21. The van der Waals surface area contributed by atoms with Gasteiger partial charge in [-0.2, -0.15) is 0 Å². The molecule has 1 N–H and O–H groups in total. The maximum atomic E-state index is 13.1. The van der Waals surface area contributed by atoms with Crippen molar-refractivity contribution in [3.05, 3.63) is 64.1 Å². The summed E-state index contributed by atoms with van der Waals surface area (Å²) in [4.78, 5) is 27.6. The van der Waals surface area contributed by atoms with Crippen LogP contribution in [0.15, 0.2) is 48.5 Å². The molecular formula is C23H28Cl2N2O3. The number of nitrogens with zero attached hydrogens (tertiary/aromatic N) is 1. The van der Waals surface area contributed by atoms with Gasteiger partial charge in [0.25, 0.3) is 5.91 Å². The van der Waals surface area contributed by atoms with Crippen LogP contribution in [0.2, 0.25) is 10.0 Å². The Morgan fingerprint density at radius 3 is 2.40 bits per heavy atom. The molecule has 0 bridgehead atoms. The Bertz CT molecular complexity index is 881. The van der Waals surface area contributed by atoms with Gasteiger partial charge >= 0.3 is 0 Å². The molecule has 1 atom stereocenters. The van der Waals surface area contributed by atoms with E-state index in [1.165, 1.54) is 4.90 Å². The largest absolute Gasteiger partial charge is 0.484 e. The van der Waals surface area contributed by atoms with E-state index < -0.39 is 11.6 Å². The Labute approximate surface area is 188 Å². The number of halogens is 2. The zero-order valence-corrected chi connectivity index (χ0v) is 19.3. The van der Waals surface area contributed by atoms with Gasteiger partial charge in [0.05, 0.1) is 0 Å². The topological polar surface area (TPSA) is 58.6 Å². The van der Waals surface area contributed by atoms with Crippen LogP contribution in [-0.4, -0.2) is 34.9 Å². The summed E-state index contributed by atoms with van der Waals surface area (Å²) in [6.45, 7) is 7.56. The average molecular weight is 451 g/mol. The number of hydrogen-bond acceptors (Lipinski definition) is 3. The number of ether oxygens (including phenoxy) is 1. The SMILES string of the molecule is CC[C@@H](C(=O)NC(C)(C)C)N(Cc1ccccc1Cl)C(=O)COc1cccc(Cl)c1. The second-order valence-corrected chi connectivity index (χ2v) is 8.87. The van der Waals surface area contributed by atoms with E-state index in [0.717, 1.165) is 5.56 Å². The van der Waals surface area contributed by atoms with Gasteiger partial charge in [0.15, 0.2) is 6.61 Å². The normalized spacial score (nSPS) is 12.2. The number of carbonyl (C=O) groups excluding carboxylic acids is 2. The standard InChI is InChI=1S/C23H28Cl2N2O3/c1-5-20(22(29)26-23(2,3)4)27(14-16-9-6-7-12-19(16)25)21(28)15-30-18-11-8-10-17(24)13-18/h6-13,20H,5,14-15H2,1-4H3,(H,26,29)/t20-/m0/s1. The van der Waals surface area contributed by atoms with Crippen LogP contribution >= 0.6 is 23.2 Å². The lowest BCUT2D eigenvalue weighted by Crippen LogP contribution is -2.54. The van der Waals surface area contributed by atoms with Crippen LogP contribution in [0.3, 0.4) is 0 Å². The molecule has 2 amide bonds. The zero-order chi connectivity index (χ0) is 22.3. The lowest BCUT2D eigenvalue weighted by Gasteiger charge is -2.33. The van der Waals surface area contributed by atoms with Crippen molar-refractivity contribution in [1.82, 2.24) is 10.2 Å². The second kappa shape index (κ2) is 10.7. The van der Waals surface area contributed by atoms with Gasteiger partial charge in [-0.15, -0.1) is 0 Å². The van der Waals surface area contributed by atoms with Crippen LogP contribution in [0.4, 0.5) is 0 Å². The molecular weight excluding hydrogens is 423 g/mol. The summed E-state index contributed by atoms with van der Waals surface area (Å²) in [5.74, 6) is -0.0419. The van der Waals surface area contributed by atoms with Gasteiger partial charge in [-0.05, 0) is 57.0 Å². The fraction of sp³-hybridized carbons (Fsp3) is 0.391. The van der Waals surface area contributed by atoms with E-state index in [9.17, 15) is 9.59 Å². The highest BCUT2D eigenvalue weighted by molar-refractivity contribution is 6.31. The maximum Gasteiger partial charge on any atom is 0.261 e. The van der Waals surface area contributed by atoms with Crippen molar-refractivity contribution in [2.75, 3.05) is 6.61 Å². The van der Waals surface area contributed by atoms with Gasteiger partial charge in [-0.25, -0.2) is 0 Å². The molecule has 0 aromatic heterocycles. The Morgan fingerprint density at radius 1 is 1.10 bits per heavy atom. The molecule has 0 radical (unpaired) electrons. The van der Waals surface area contributed by atoms with Crippen LogP contribution in [0, 0.1) is 0 Å². The highest BCUT2D eigenvalue weighted by atomic mass is 35.5. The molecule has 2 aromatic carbocycles. The monoisotopic (exact) mass is 450 g/mol.